The zero-order chi connectivity index (χ0) is 16.5. The Morgan fingerprint density at radius 2 is 1.67 bits per heavy atom. The Kier molecular flexibility index (Phi) is 3.73. The fourth-order valence-corrected chi connectivity index (χ4v) is 3.60. The van der Waals surface area contributed by atoms with Crippen LogP contribution in [0.4, 0.5) is 17.1 Å². The minimum atomic E-state index is 0.846. The van der Waals surface area contributed by atoms with Crippen molar-refractivity contribution in [3.8, 4) is 11.1 Å². The maximum atomic E-state index is 5.95. The molecule has 0 bridgehead atoms. The fourth-order valence-electron chi connectivity index (χ4n) is 3.60. The van der Waals surface area contributed by atoms with E-state index in [0.29, 0.717) is 0 Å². The molecule has 0 amide bonds. The highest BCUT2D eigenvalue weighted by atomic mass is 15.1. The molecule has 0 heterocycles. The van der Waals surface area contributed by atoms with Gasteiger partial charge in [-0.15, -0.1) is 0 Å². The third-order valence-electron chi connectivity index (χ3n) is 4.72. The maximum absolute atomic E-state index is 5.95. The van der Waals surface area contributed by atoms with Gasteiger partial charge in [-0.1, -0.05) is 37.3 Å². The molecule has 1 aliphatic carbocycles. The molecule has 4 rings (SSSR count). The van der Waals surface area contributed by atoms with Crippen molar-refractivity contribution in [3.05, 3.63) is 77.9 Å². The molecule has 3 aromatic rings. The lowest BCUT2D eigenvalue weighted by atomic mass is 10.0. The number of hydrogen-bond acceptors (Lipinski definition) is 2. The van der Waals surface area contributed by atoms with Crippen LogP contribution in [0.25, 0.3) is 11.1 Å². The molecule has 120 valence electrons. The van der Waals surface area contributed by atoms with E-state index in [2.05, 4.69) is 72.5 Å². The summed E-state index contributed by atoms with van der Waals surface area (Å²) < 4.78 is 0. The van der Waals surface area contributed by atoms with E-state index in [1.807, 2.05) is 6.07 Å². The number of nitrogens with zero attached hydrogens (tertiary/aromatic N) is 1. The van der Waals surface area contributed by atoms with Crippen LogP contribution in [-0.2, 0) is 6.42 Å². The Bertz CT molecular complexity index is 868. The van der Waals surface area contributed by atoms with Crippen molar-refractivity contribution in [1.29, 1.82) is 0 Å². The Labute approximate surface area is 143 Å². The molecule has 0 atom stereocenters. The normalized spacial score (nSPS) is 11.9. The van der Waals surface area contributed by atoms with Crippen molar-refractivity contribution < 1.29 is 0 Å². The molecule has 0 saturated heterocycles. The van der Waals surface area contributed by atoms with E-state index in [-0.39, 0.29) is 0 Å². The van der Waals surface area contributed by atoms with E-state index >= 15 is 0 Å². The van der Waals surface area contributed by atoms with Gasteiger partial charge >= 0.3 is 0 Å². The number of benzene rings is 3. The molecule has 0 radical (unpaired) electrons. The van der Waals surface area contributed by atoms with Crippen LogP contribution in [-0.4, -0.2) is 6.54 Å². The summed E-state index contributed by atoms with van der Waals surface area (Å²) in [5, 5.41) is 0. The van der Waals surface area contributed by atoms with Crippen molar-refractivity contribution >= 4 is 17.1 Å². The quantitative estimate of drug-likeness (QED) is 0.512. The van der Waals surface area contributed by atoms with Gasteiger partial charge in [0.2, 0.25) is 0 Å². The number of hydrogen-bond donors (Lipinski definition) is 1. The lowest BCUT2D eigenvalue weighted by molar-refractivity contribution is 0.885. The average Bonchev–Trinajstić information content (AvgIpc) is 2.97. The smallest absolute Gasteiger partial charge is 0.0417 e. The molecule has 3 aromatic carbocycles. The summed E-state index contributed by atoms with van der Waals surface area (Å²) in [7, 11) is 0. The summed E-state index contributed by atoms with van der Waals surface area (Å²) in [5.41, 5.74) is 14.7. The topological polar surface area (TPSA) is 29.3 Å². The Balaban J connectivity index is 1.78. The van der Waals surface area contributed by atoms with Crippen molar-refractivity contribution in [2.24, 2.45) is 0 Å². The summed E-state index contributed by atoms with van der Waals surface area (Å²) in [5.74, 6) is 0. The van der Waals surface area contributed by atoms with Crippen LogP contribution in [0.5, 0.6) is 0 Å². The first-order valence-corrected chi connectivity index (χ1v) is 8.60. The second-order valence-electron chi connectivity index (χ2n) is 6.42. The number of nitrogens with two attached hydrogens (primary N) is 1. The molecule has 1 aliphatic rings. The highest BCUT2D eigenvalue weighted by molar-refractivity contribution is 5.82. The zero-order valence-electron chi connectivity index (χ0n) is 14.0. The van der Waals surface area contributed by atoms with Crippen LogP contribution in [0.1, 0.15) is 24.5 Å². The first-order chi connectivity index (χ1) is 11.8. The van der Waals surface area contributed by atoms with E-state index in [9.17, 15) is 0 Å². The summed E-state index contributed by atoms with van der Waals surface area (Å²) in [6, 6.07) is 23.7. The Morgan fingerprint density at radius 1 is 0.833 bits per heavy atom. The van der Waals surface area contributed by atoms with Gasteiger partial charge in [-0.3, -0.25) is 0 Å². The van der Waals surface area contributed by atoms with E-state index in [4.69, 9.17) is 5.73 Å². The van der Waals surface area contributed by atoms with Crippen LogP contribution in [0.2, 0.25) is 0 Å². The number of anilines is 3. The number of nitrogen functional groups attached to an aromatic ring is 1. The van der Waals surface area contributed by atoms with Gasteiger partial charge < -0.3 is 10.6 Å². The summed E-state index contributed by atoms with van der Waals surface area (Å²) in [6.07, 6.45) is 2.09. The van der Waals surface area contributed by atoms with Crippen molar-refractivity contribution in [2.75, 3.05) is 17.2 Å². The summed E-state index contributed by atoms with van der Waals surface area (Å²) in [6.45, 7) is 3.23. The minimum Gasteiger partial charge on any atom is -0.399 e. The van der Waals surface area contributed by atoms with Crippen molar-refractivity contribution in [3.63, 3.8) is 0 Å². The third-order valence-corrected chi connectivity index (χ3v) is 4.72. The Morgan fingerprint density at radius 3 is 2.46 bits per heavy atom. The molecular weight excluding hydrogens is 292 g/mol. The number of rotatable bonds is 4. The van der Waals surface area contributed by atoms with Gasteiger partial charge in [0.25, 0.3) is 0 Å². The van der Waals surface area contributed by atoms with Gasteiger partial charge in [0.15, 0.2) is 0 Å². The lowest BCUT2D eigenvalue weighted by Crippen LogP contribution is -2.17. The maximum Gasteiger partial charge on any atom is 0.0417 e. The van der Waals surface area contributed by atoms with E-state index in [0.717, 1.165) is 25.1 Å². The molecule has 0 fully saturated rings. The molecule has 0 saturated carbocycles. The van der Waals surface area contributed by atoms with Gasteiger partial charge in [0.05, 0.1) is 0 Å². The fraction of sp³-hybridized carbons (Fsp3) is 0.182. The highest BCUT2D eigenvalue weighted by Crippen LogP contribution is 2.40. The zero-order valence-corrected chi connectivity index (χ0v) is 14.0. The van der Waals surface area contributed by atoms with Crippen LogP contribution in [0.3, 0.4) is 0 Å². The predicted octanol–water partition coefficient (Wildman–Crippen LogP) is 5.39. The van der Waals surface area contributed by atoms with Gasteiger partial charge in [-0.05, 0) is 71.5 Å². The second kappa shape index (κ2) is 6.04. The molecule has 0 aromatic heterocycles. The van der Waals surface area contributed by atoms with E-state index < -0.39 is 0 Å². The number of fused-ring (bicyclic) bond motifs is 3. The monoisotopic (exact) mass is 314 g/mol. The average molecular weight is 314 g/mol. The molecule has 0 spiro atoms. The first-order valence-electron chi connectivity index (χ1n) is 8.60. The van der Waals surface area contributed by atoms with Gasteiger partial charge in [0.1, 0.15) is 0 Å². The third kappa shape index (κ3) is 2.54. The molecular formula is C22H22N2. The van der Waals surface area contributed by atoms with Crippen LogP contribution in [0, 0.1) is 0 Å². The molecule has 2 nitrogen and oxygen atoms in total. The number of para-hydroxylation sites is 1. The summed E-state index contributed by atoms with van der Waals surface area (Å²) >= 11 is 0. The summed E-state index contributed by atoms with van der Waals surface area (Å²) in [4.78, 5) is 2.40. The SMILES string of the molecule is CCCN(c1ccccc1)c1ccc2c(c1)-c1ccc(N)cc1C2. The molecule has 2 N–H and O–H groups in total. The minimum absolute atomic E-state index is 0.846. The van der Waals surface area contributed by atoms with Crippen molar-refractivity contribution in [2.45, 2.75) is 19.8 Å². The highest BCUT2D eigenvalue weighted by Gasteiger charge is 2.20. The molecule has 0 unspecified atom stereocenters. The van der Waals surface area contributed by atoms with Gasteiger partial charge in [-0.25, -0.2) is 0 Å². The van der Waals surface area contributed by atoms with Crippen LogP contribution in [0.15, 0.2) is 66.7 Å². The molecule has 24 heavy (non-hydrogen) atoms. The van der Waals surface area contributed by atoms with Crippen molar-refractivity contribution in [1.82, 2.24) is 0 Å². The van der Waals surface area contributed by atoms with Crippen LogP contribution < -0.4 is 10.6 Å². The Hall–Kier alpha value is -2.74. The van der Waals surface area contributed by atoms with Crippen LogP contribution >= 0.6 is 0 Å². The largest absolute Gasteiger partial charge is 0.399 e. The lowest BCUT2D eigenvalue weighted by Gasteiger charge is -2.25. The first kappa shape index (κ1) is 14.8. The molecule has 2 heteroatoms. The predicted molar refractivity (Wildman–Crippen MR) is 103 cm³/mol. The van der Waals surface area contributed by atoms with E-state index in [1.165, 1.54) is 33.6 Å². The van der Waals surface area contributed by atoms with Gasteiger partial charge in [-0.2, -0.15) is 0 Å². The molecule has 0 aliphatic heterocycles. The van der Waals surface area contributed by atoms with Gasteiger partial charge in [0, 0.05) is 23.6 Å². The standard InChI is InChI=1S/C22H22N2/c1-2-12-24(19-6-4-3-5-7-19)20-10-8-16-13-17-14-18(23)9-11-21(17)22(16)15-20/h3-11,14-15H,2,12-13,23H2,1H3. The van der Waals surface area contributed by atoms with E-state index in [1.54, 1.807) is 0 Å². The second-order valence-corrected chi connectivity index (χ2v) is 6.42.